The van der Waals surface area contributed by atoms with Gasteiger partial charge in [0.25, 0.3) is 0 Å². The number of nitrogens with zero attached hydrogens (tertiary/aromatic N) is 2. The molecule has 0 aromatic carbocycles. The zero-order chi connectivity index (χ0) is 15.6. The van der Waals surface area contributed by atoms with Crippen LogP contribution in [-0.4, -0.2) is 22.6 Å². The number of rotatable bonds is 4. The Labute approximate surface area is 117 Å². The highest BCUT2D eigenvalue weighted by Gasteiger charge is 2.34. The van der Waals surface area contributed by atoms with Crippen molar-refractivity contribution in [1.29, 1.82) is 0 Å². The predicted molar refractivity (Wildman–Crippen MR) is 73.7 cm³/mol. The molecular formula is C13H21F3N4. The van der Waals surface area contributed by atoms with Crippen molar-refractivity contribution in [2.45, 2.75) is 46.8 Å². The molecule has 0 aliphatic heterocycles. The molecule has 114 valence electrons. The summed E-state index contributed by atoms with van der Waals surface area (Å²) in [6, 6.07) is 0.899. The summed E-state index contributed by atoms with van der Waals surface area (Å²) >= 11 is 0. The molecule has 0 saturated heterocycles. The van der Waals surface area contributed by atoms with Crippen LogP contribution >= 0.6 is 0 Å². The van der Waals surface area contributed by atoms with Crippen molar-refractivity contribution in [2.24, 2.45) is 5.41 Å². The Bertz CT molecular complexity index is 452. The van der Waals surface area contributed by atoms with E-state index in [0.29, 0.717) is 6.54 Å². The van der Waals surface area contributed by atoms with Crippen molar-refractivity contribution < 1.29 is 13.2 Å². The molecular weight excluding hydrogens is 269 g/mol. The molecule has 0 aliphatic rings. The Hall–Kier alpha value is -1.53. The number of nitrogens with one attached hydrogen (secondary N) is 2. The Balaban J connectivity index is 3.09. The first-order valence-corrected chi connectivity index (χ1v) is 6.50. The van der Waals surface area contributed by atoms with E-state index in [0.717, 1.165) is 6.07 Å². The van der Waals surface area contributed by atoms with Gasteiger partial charge in [-0.25, -0.2) is 4.98 Å². The van der Waals surface area contributed by atoms with E-state index in [9.17, 15) is 13.2 Å². The average molecular weight is 290 g/mol. The topological polar surface area (TPSA) is 49.8 Å². The minimum Gasteiger partial charge on any atom is -0.367 e. The summed E-state index contributed by atoms with van der Waals surface area (Å²) in [5.74, 6) is 0.150. The molecule has 2 N–H and O–H groups in total. The van der Waals surface area contributed by atoms with Crippen LogP contribution in [0.2, 0.25) is 0 Å². The summed E-state index contributed by atoms with van der Waals surface area (Å²) in [5.41, 5.74) is -1.05. The largest absolute Gasteiger partial charge is 0.433 e. The minimum atomic E-state index is -4.49. The highest BCUT2D eigenvalue weighted by atomic mass is 19.4. The van der Waals surface area contributed by atoms with Gasteiger partial charge in [0.1, 0.15) is 5.82 Å². The van der Waals surface area contributed by atoms with Gasteiger partial charge in [-0.2, -0.15) is 18.2 Å². The maximum absolute atomic E-state index is 12.8. The predicted octanol–water partition coefficient (Wildman–Crippen LogP) is 3.77. The van der Waals surface area contributed by atoms with Crippen LogP contribution in [0.25, 0.3) is 0 Å². The van der Waals surface area contributed by atoms with Crippen molar-refractivity contribution >= 4 is 11.8 Å². The third-order valence-electron chi connectivity index (χ3n) is 3.01. The van der Waals surface area contributed by atoms with Gasteiger partial charge in [0.05, 0.1) is 0 Å². The summed E-state index contributed by atoms with van der Waals surface area (Å²) in [4.78, 5) is 7.53. The maximum Gasteiger partial charge on any atom is 0.433 e. The smallest absolute Gasteiger partial charge is 0.367 e. The second-order valence-electron chi connectivity index (χ2n) is 5.72. The number of aromatic nitrogens is 2. The number of alkyl halides is 3. The van der Waals surface area contributed by atoms with E-state index in [1.165, 1.54) is 0 Å². The Morgan fingerprint density at radius 3 is 2.25 bits per heavy atom. The summed E-state index contributed by atoms with van der Waals surface area (Å²) in [7, 11) is 0. The molecule has 1 aromatic rings. The molecule has 4 nitrogen and oxygen atoms in total. The summed E-state index contributed by atoms with van der Waals surface area (Å²) in [5, 5.41) is 5.71. The first kappa shape index (κ1) is 16.5. The lowest BCUT2D eigenvalue weighted by molar-refractivity contribution is -0.141. The van der Waals surface area contributed by atoms with Crippen LogP contribution in [-0.2, 0) is 6.18 Å². The molecule has 0 bridgehead atoms. The van der Waals surface area contributed by atoms with Gasteiger partial charge in [-0.3, -0.25) is 0 Å². The molecule has 1 aromatic heterocycles. The van der Waals surface area contributed by atoms with Crippen LogP contribution < -0.4 is 10.6 Å². The highest BCUT2D eigenvalue weighted by Crippen LogP contribution is 2.30. The van der Waals surface area contributed by atoms with Crippen molar-refractivity contribution in [3.63, 3.8) is 0 Å². The molecule has 1 atom stereocenters. The summed E-state index contributed by atoms with van der Waals surface area (Å²) < 4.78 is 38.4. The van der Waals surface area contributed by atoms with Crippen LogP contribution in [0, 0.1) is 5.41 Å². The van der Waals surface area contributed by atoms with Gasteiger partial charge in [-0.1, -0.05) is 20.8 Å². The zero-order valence-electron chi connectivity index (χ0n) is 12.4. The van der Waals surface area contributed by atoms with Gasteiger partial charge in [-0.15, -0.1) is 0 Å². The van der Waals surface area contributed by atoms with Crippen LogP contribution in [0.4, 0.5) is 24.9 Å². The monoisotopic (exact) mass is 290 g/mol. The SMILES string of the molecule is CCNc1nc(NC(C)C(C)(C)C)cc(C(F)(F)F)n1. The van der Waals surface area contributed by atoms with Gasteiger partial charge >= 0.3 is 6.18 Å². The maximum atomic E-state index is 12.8. The summed E-state index contributed by atoms with van der Waals surface area (Å²) in [6.07, 6.45) is -4.49. The number of hydrogen-bond acceptors (Lipinski definition) is 4. The number of anilines is 2. The van der Waals surface area contributed by atoms with Gasteiger partial charge in [0.15, 0.2) is 5.69 Å². The normalized spacial score (nSPS) is 14.0. The van der Waals surface area contributed by atoms with Gasteiger partial charge in [0.2, 0.25) is 5.95 Å². The van der Waals surface area contributed by atoms with E-state index in [-0.39, 0.29) is 23.2 Å². The molecule has 7 heteroatoms. The van der Waals surface area contributed by atoms with Crippen molar-refractivity contribution in [2.75, 3.05) is 17.2 Å². The van der Waals surface area contributed by atoms with E-state index in [4.69, 9.17) is 0 Å². The molecule has 0 saturated carbocycles. The molecule has 0 fully saturated rings. The van der Waals surface area contributed by atoms with Crippen LogP contribution in [0.15, 0.2) is 6.07 Å². The van der Waals surface area contributed by atoms with Gasteiger partial charge < -0.3 is 10.6 Å². The average Bonchev–Trinajstić information content (AvgIpc) is 2.26. The molecule has 1 rings (SSSR count). The molecule has 1 heterocycles. The van der Waals surface area contributed by atoms with Crippen molar-refractivity contribution in [3.05, 3.63) is 11.8 Å². The molecule has 0 radical (unpaired) electrons. The Morgan fingerprint density at radius 1 is 1.20 bits per heavy atom. The second-order valence-corrected chi connectivity index (χ2v) is 5.72. The molecule has 0 amide bonds. The molecule has 1 unspecified atom stereocenters. The quantitative estimate of drug-likeness (QED) is 0.886. The minimum absolute atomic E-state index is 0.0223. The first-order chi connectivity index (χ1) is 9.04. The Kier molecular flexibility index (Phi) is 4.83. The summed E-state index contributed by atoms with van der Waals surface area (Å²) in [6.45, 7) is 10.1. The van der Waals surface area contributed by atoms with Crippen molar-refractivity contribution in [3.8, 4) is 0 Å². The lowest BCUT2D eigenvalue weighted by Crippen LogP contribution is -2.31. The Morgan fingerprint density at radius 2 is 1.80 bits per heavy atom. The van der Waals surface area contributed by atoms with E-state index in [1.54, 1.807) is 6.92 Å². The lowest BCUT2D eigenvalue weighted by Gasteiger charge is -2.28. The van der Waals surface area contributed by atoms with E-state index < -0.39 is 11.9 Å². The lowest BCUT2D eigenvalue weighted by atomic mass is 9.88. The van der Waals surface area contributed by atoms with E-state index >= 15 is 0 Å². The third-order valence-corrected chi connectivity index (χ3v) is 3.01. The fourth-order valence-electron chi connectivity index (χ4n) is 1.34. The highest BCUT2D eigenvalue weighted by molar-refractivity contribution is 5.44. The van der Waals surface area contributed by atoms with Gasteiger partial charge in [0, 0.05) is 18.7 Å². The second kappa shape index (κ2) is 5.85. The first-order valence-electron chi connectivity index (χ1n) is 6.50. The fraction of sp³-hybridized carbons (Fsp3) is 0.692. The van der Waals surface area contributed by atoms with E-state index in [2.05, 4.69) is 20.6 Å². The van der Waals surface area contributed by atoms with Gasteiger partial charge in [-0.05, 0) is 19.3 Å². The van der Waals surface area contributed by atoms with E-state index in [1.807, 2.05) is 27.7 Å². The zero-order valence-corrected chi connectivity index (χ0v) is 12.4. The molecule has 0 aliphatic carbocycles. The number of hydrogen-bond donors (Lipinski definition) is 2. The van der Waals surface area contributed by atoms with Crippen LogP contribution in [0.5, 0.6) is 0 Å². The van der Waals surface area contributed by atoms with Crippen LogP contribution in [0.3, 0.4) is 0 Å². The van der Waals surface area contributed by atoms with Crippen LogP contribution in [0.1, 0.15) is 40.3 Å². The standard InChI is InChI=1S/C13H21F3N4/c1-6-17-11-19-9(13(14,15)16)7-10(20-11)18-8(2)12(3,4)5/h7-8H,6H2,1-5H3,(H2,17,18,19,20). The molecule has 0 spiro atoms. The molecule has 20 heavy (non-hydrogen) atoms. The fourth-order valence-corrected chi connectivity index (χ4v) is 1.34. The van der Waals surface area contributed by atoms with Crippen molar-refractivity contribution in [1.82, 2.24) is 9.97 Å². The third kappa shape index (κ3) is 4.54. The number of halogens is 3.